The van der Waals surface area contributed by atoms with Crippen molar-refractivity contribution in [3.8, 4) is 5.75 Å². The Morgan fingerprint density at radius 2 is 1.90 bits per heavy atom. The SMILES string of the molecule is CCOC(=O)CCCCCNCc1ccc(OC)cc1. The van der Waals surface area contributed by atoms with E-state index >= 15 is 0 Å². The molecule has 0 spiro atoms. The van der Waals surface area contributed by atoms with Gasteiger partial charge in [-0.3, -0.25) is 4.79 Å². The number of unbranched alkanes of at least 4 members (excludes halogenated alkanes) is 2. The fourth-order valence-electron chi connectivity index (χ4n) is 1.91. The maximum Gasteiger partial charge on any atom is 0.305 e. The second-order valence-electron chi connectivity index (χ2n) is 4.64. The fraction of sp³-hybridized carbons (Fsp3) is 0.562. The zero-order valence-electron chi connectivity index (χ0n) is 12.5. The molecule has 1 aromatic rings. The highest BCUT2D eigenvalue weighted by Gasteiger charge is 2.00. The molecule has 20 heavy (non-hydrogen) atoms. The quantitative estimate of drug-likeness (QED) is 0.528. The van der Waals surface area contributed by atoms with Gasteiger partial charge in [-0.25, -0.2) is 0 Å². The van der Waals surface area contributed by atoms with Crippen LogP contribution in [-0.2, 0) is 16.1 Å². The van der Waals surface area contributed by atoms with E-state index in [2.05, 4.69) is 17.4 Å². The van der Waals surface area contributed by atoms with Crippen LogP contribution in [0.2, 0.25) is 0 Å². The number of benzene rings is 1. The summed E-state index contributed by atoms with van der Waals surface area (Å²) in [6.07, 6.45) is 3.57. The largest absolute Gasteiger partial charge is 0.497 e. The Bertz CT molecular complexity index is 376. The highest BCUT2D eigenvalue weighted by molar-refractivity contribution is 5.69. The molecule has 0 saturated carbocycles. The average Bonchev–Trinajstić information content (AvgIpc) is 2.47. The van der Waals surface area contributed by atoms with E-state index in [0.29, 0.717) is 13.0 Å². The summed E-state index contributed by atoms with van der Waals surface area (Å²) in [4.78, 5) is 11.1. The van der Waals surface area contributed by atoms with Gasteiger partial charge in [0.1, 0.15) is 5.75 Å². The third kappa shape index (κ3) is 7.14. The zero-order chi connectivity index (χ0) is 14.6. The second kappa shape index (κ2) is 10.3. The molecule has 0 amide bonds. The predicted octanol–water partition coefficient (Wildman–Crippen LogP) is 2.91. The van der Waals surface area contributed by atoms with Crippen LogP contribution in [-0.4, -0.2) is 26.2 Å². The molecule has 0 heterocycles. The summed E-state index contributed by atoms with van der Waals surface area (Å²) in [5, 5.41) is 3.40. The van der Waals surface area contributed by atoms with Gasteiger partial charge in [-0.05, 0) is 44.0 Å². The summed E-state index contributed by atoms with van der Waals surface area (Å²) in [6.45, 7) is 4.14. The van der Waals surface area contributed by atoms with Gasteiger partial charge in [-0.2, -0.15) is 0 Å². The van der Waals surface area contributed by atoms with Crippen LogP contribution in [0, 0.1) is 0 Å². The summed E-state index contributed by atoms with van der Waals surface area (Å²) in [6, 6.07) is 8.06. The van der Waals surface area contributed by atoms with Crippen molar-refractivity contribution in [3.05, 3.63) is 29.8 Å². The molecule has 1 rings (SSSR count). The minimum Gasteiger partial charge on any atom is -0.497 e. The van der Waals surface area contributed by atoms with Crippen molar-refractivity contribution in [3.63, 3.8) is 0 Å². The molecular formula is C16H25NO3. The van der Waals surface area contributed by atoms with Crippen molar-refractivity contribution in [2.24, 2.45) is 0 Å². The Hall–Kier alpha value is -1.55. The molecule has 0 aliphatic heterocycles. The Morgan fingerprint density at radius 3 is 2.55 bits per heavy atom. The van der Waals surface area contributed by atoms with Crippen molar-refractivity contribution >= 4 is 5.97 Å². The van der Waals surface area contributed by atoms with Crippen LogP contribution in [0.4, 0.5) is 0 Å². The van der Waals surface area contributed by atoms with Crippen LogP contribution < -0.4 is 10.1 Å². The number of methoxy groups -OCH3 is 1. The van der Waals surface area contributed by atoms with Crippen molar-refractivity contribution in [2.45, 2.75) is 39.2 Å². The molecule has 0 aromatic heterocycles. The number of esters is 1. The monoisotopic (exact) mass is 279 g/mol. The number of carbonyl (C=O) groups is 1. The average molecular weight is 279 g/mol. The lowest BCUT2D eigenvalue weighted by atomic mass is 10.2. The van der Waals surface area contributed by atoms with Gasteiger partial charge in [0.2, 0.25) is 0 Å². The van der Waals surface area contributed by atoms with Gasteiger partial charge in [0.05, 0.1) is 13.7 Å². The van der Waals surface area contributed by atoms with Crippen LogP contribution in [0.1, 0.15) is 38.2 Å². The summed E-state index contributed by atoms with van der Waals surface area (Å²) in [5.41, 5.74) is 1.25. The molecule has 4 nitrogen and oxygen atoms in total. The highest BCUT2D eigenvalue weighted by atomic mass is 16.5. The van der Waals surface area contributed by atoms with E-state index in [1.54, 1.807) is 7.11 Å². The lowest BCUT2D eigenvalue weighted by molar-refractivity contribution is -0.143. The molecule has 0 aliphatic rings. The maximum atomic E-state index is 11.1. The van der Waals surface area contributed by atoms with E-state index in [1.807, 2.05) is 19.1 Å². The first-order valence-corrected chi connectivity index (χ1v) is 7.25. The lowest BCUT2D eigenvalue weighted by Crippen LogP contribution is -2.14. The maximum absolute atomic E-state index is 11.1. The van der Waals surface area contributed by atoms with E-state index < -0.39 is 0 Å². The number of hydrogen-bond donors (Lipinski definition) is 1. The molecule has 0 aliphatic carbocycles. The van der Waals surface area contributed by atoms with Crippen LogP contribution in [0.5, 0.6) is 5.75 Å². The van der Waals surface area contributed by atoms with E-state index in [1.165, 1.54) is 5.56 Å². The summed E-state index contributed by atoms with van der Waals surface area (Å²) in [5.74, 6) is 0.798. The Kier molecular flexibility index (Phi) is 8.47. The molecule has 112 valence electrons. The van der Waals surface area contributed by atoms with E-state index in [9.17, 15) is 4.79 Å². The predicted molar refractivity (Wildman–Crippen MR) is 79.8 cm³/mol. The molecule has 0 unspecified atom stereocenters. The molecule has 0 bridgehead atoms. The second-order valence-corrected chi connectivity index (χ2v) is 4.64. The topological polar surface area (TPSA) is 47.6 Å². The van der Waals surface area contributed by atoms with Crippen LogP contribution in [0.3, 0.4) is 0 Å². The first kappa shape index (κ1) is 16.5. The highest BCUT2D eigenvalue weighted by Crippen LogP contribution is 2.10. The van der Waals surface area contributed by atoms with Crippen molar-refractivity contribution in [1.29, 1.82) is 0 Å². The van der Waals surface area contributed by atoms with Crippen LogP contribution in [0.15, 0.2) is 24.3 Å². The van der Waals surface area contributed by atoms with Gasteiger partial charge in [0.25, 0.3) is 0 Å². The molecule has 4 heteroatoms. The Morgan fingerprint density at radius 1 is 1.15 bits per heavy atom. The van der Waals surface area contributed by atoms with Crippen LogP contribution in [0.25, 0.3) is 0 Å². The normalized spacial score (nSPS) is 10.3. The summed E-state index contributed by atoms with van der Waals surface area (Å²) < 4.78 is 10.00. The molecular weight excluding hydrogens is 254 g/mol. The van der Waals surface area contributed by atoms with Gasteiger partial charge in [-0.15, -0.1) is 0 Å². The molecule has 1 N–H and O–H groups in total. The minimum atomic E-state index is -0.0845. The third-order valence-corrected chi connectivity index (χ3v) is 3.03. The Labute approximate surface area is 121 Å². The van der Waals surface area contributed by atoms with Crippen LogP contribution >= 0.6 is 0 Å². The van der Waals surface area contributed by atoms with E-state index in [4.69, 9.17) is 9.47 Å². The molecule has 0 atom stereocenters. The van der Waals surface area contributed by atoms with Gasteiger partial charge < -0.3 is 14.8 Å². The van der Waals surface area contributed by atoms with Gasteiger partial charge in [0.15, 0.2) is 0 Å². The number of hydrogen-bond acceptors (Lipinski definition) is 4. The van der Waals surface area contributed by atoms with Crippen molar-refractivity contribution in [2.75, 3.05) is 20.3 Å². The van der Waals surface area contributed by atoms with Crippen molar-refractivity contribution < 1.29 is 14.3 Å². The molecule has 1 aromatic carbocycles. The summed E-state index contributed by atoms with van der Waals surface area (Å²) >= 11 is 0. The minimum absolute atomic E-state index is 0.0845. The number of carbonyl (C=O) groups excluding carboxylic acids is 1. The number of nitrogens with one attached hydrogen (secondary N) is 1. The van der Waals surface area contributed by atoms with Crippen molar-refractivity contribution in [1.82, 2.24) is 5.32 Å². The third-order valence-electron chi connectivity index (χ3n) is 3.03. The molecule has 0 fully saturated rings. The van der Waals surface area contributed by atoms with E-state index in [-0.39, 0.29) is 5.97 Å². The molecule has 0 saturated heterocycles. The number of rotatable bonds is 10. The molecule has 0 radical (unpaired) electrons. The number of ether oxygens (including phenoxy) is 2. The zero-order valence-corrected chi connectivity index (χ0v) is 12.5. The first-order valence-electron chi connectivity index (χ1n) is 7.25. The van der Waals surface area contributed by atoms with Gasteiger partial charge in [-0.1, -0.05) is 18.6 Å². The summed E-state index contributed by atoms with van der Waals surface area (Å²) in [7, 11) is 1.67. The van der Waals surface area contributed by atoms with Gasteiger partial charge in [0, 0.05) is 13.0 Å². The standard InChI is InChI=1S/C16H25NO3/c1-3-20-16(18)7-5-4-6-12-17-13-14-8-10-15(19-2)11-9-14/h8-11,17H,3-7,12-13H2,1-2H3. The Balaban J connectivity index is 2.00. The van der Waals surface area contributed by atoms with E-state index in [0.717, 1.165) is 38.1 Å². The smallest absolute Gasteiger partial charge is 0.305 e. The van der Waals surface area contributed by atoms with Gasteiger partial charge >= 0.3 is 5.97 Å². The lowest BCUT2D eigenvalue weighted by Gasteiger charge is -2.06. The first-order chi connectivity index (χ1) is 9.76. The fourth-order valence-corrected chi connectivity index (χ4v) is 1.91.